The van der Waals surface area contributed by atoms with Crippen LogP contribution in [0.1, 0.15) is 45.2 Å². The molecule has 1 atom stereocenters. The van der Waals surface area contributed by atoms with Crippen LogP contribution < -0.4 is 5.32 Å². The van der Waals surface area contributed by atoms with E-state index >= 15 is 0 Å². The Hall–Kier alpha value is -0.930. The van der Waals surface area contributed by atoms with Crippen molar-refractivity contribution in [2.24, 2.45) is 0 Å². The van der Waals surface area contributed by atoms with Crippen molar-refractivity contribution < 1.29 is 9.50 Å². The summed E-state index contributed by atoms with van der Waals surface area (Å²) >= 11 is 0. The van der Waals surface area contributed by atoms with Gasteiger partial charge in [0.2, 0.25) is 0 Å². The van der Waals surface area contributed by atoms with Crippen molar-refractivity contribution in [1.29, 1.82) is 0 Å². The van der Waals surface area contributed by atoms with Gasteiger partial charge in [0.05, 0.1) is 5.60 Å². The van der Waals surface area contributed by atoms with Crippen LogP contribution >= 0.6 is 0 Å². The molecule has 3 heteroatoms. The van der Waals surface area contributed by atoms with E-state index in [0.717, 1.165) is 5.56 Å². The maximum absolute atomic E-state index is 13.1. The fraction of sp³-hybridized carbons (Fsp3) is 0.571. The minimum atomic E-state index is -0.665. The van der Waals surface area contributed by atoms with Gasteiger partial charge in [-0.2, -0.15) is 0 Å². The highest BCUT2D eigenvalue weighted by Gasteiger charge is 2.22. The zero-order valence-corrected chi connectivity index (χ0v) is 10.8. The highest BCUT2D eigenvalue weighted by molar-refractivity contribution is 5.19. The van der Waals surface area contributed by atoms with Crippen LogP contribution in [-0.2, 0) is 0 Å². The van der Waals surface area contributed by atoms with Gasteiger partial charge in [-0.15, -0.1) is 0 Å². The van der Waals surface area contributed by atoms with Crippen LogP contribution in [0.15, 0.2) is 24.3 Å². The lowest BCUT2D eigenvalue weighted by molar-refractivity contribution is 0.0303. The van der Waals surface area contributed by atoms with Crippen molar-refractivity contribution >= 4 is 0 Å². The summed E-state index contributed by atoms with van der Waals surface area (Å²) in [5, 5.41) is 13.4. The SMILES string of the molecule is CCC(O)(CC)CN[C@@H](C)c1cccc(F)c1. The third-order valence-electron chi connectivity index (χ3n) is 3.40. The van der Waals surface area contributed by atoms with Crippen LogP contribution in [-0.4, -0.2) is 17.3 Å². The number of halogens is 1. The Morgan fingerprint density at radius 3 is 2.53 bits per heavy atom. The fourth-order valence-corrected chi connectivity index (χ4v) is 1.74. The first-order chi connectivity index (χ1) is 8.00. The second-order valence-electron chi connectivity index (χ2n) is 4.59. The van der Waals surface area contributed by atoms with E-state index in [1.165, 1.54) is 12.1 Å². The molecule has 0 radical (unpaired) electrons. The molecule has 0 amide bonds. The molecule has 96 valence electrons. The first-order valence-electron chi connectivity index (χ1n) is 6.22. The summed E-state index contributed by atoms with van der Waals surface area (Å²) in [6.07, 6.45) is 1.43. The molecule has 0 aliphatic carbocycles. The minimum Gasteiger partial charge on any atom is -0.389 e. The largest absolute Gasteiger partial charge is 0.389 e. The van der Waals surface area contributed by atoms with Crippen LogP contribution in [0, 0.1) is 5.82 Å². The molecule has 0 heterocycles. The molecule has 0 aromatic heterocycles. The van der Waals surface area contributed by atoms with Gasteiger partial charge < -0.3 is 10.4 Å². The Morgan fingerprint density at radius 2 is 2.00 bits per heavy atom. The quantitative estimate of drug-likeness (QED) is 0.799. The highest BCUT2D eigenvalue weighted by Crippen LogP contribution is 2.17. The van der Waals surface area contributed by atoms with Gasteiger partial charge in [-0.1, -0.05) is 26.0 Å². The molecule has 1 rings (SSSR count). The molecular weight excluding hydrogens is 217 g/mol. The fourth-order valence-electron chi connectivity index (χ4n) is 1.74. The second-order valence-corrected chi connectivity index (χ2v) is 4.59. The lowest BCUT2D eigenvalue weighted by atomic mass is 9.96. The number of rotatable bonds is 6. The van der Waals surface area contributed by atoms with E-state index in [0.29, 0.717) is 19.4 Å². The van der Waals surface area contributed by atoms with Gasteiger partial charge in [0.15, 0.2) is 0 Å². The first kappa shape index (κ1) is 14.1. The number of hydrogen-bond donors (Lipinski definition) is 2. The van der Waals surface area contributed by atoms with Gasteiger partial charge in [-0.05, 0) is 37.5 Å². The van der Waals surface area contributed by atoms with Crippen LogP contribution in [0.25, 0.3) is 0 Å². The molecule has 1 aromatic carbocycles. The van der Waals surface area contributed by atoms with Crippen molar-refractivity contribution in [3.63, 3.8) is 0 Å². The Balaban J connectivity index is 2.58. The zero-order valence-electron chi connectivity index (χ0n) is 10.8. The van der Waals surface area contributed by atoms with Gasteiger partial charge in [0.1, 0.15) is 5.82 Å². The third-order valence-corrected chi connectivity index (χ3v) is 3.40. The van der Waals surface area contributed by atoms with Gasteiger partial charge in [-0.3, -0.25) is 0 Å². The lowest BCUT2D eigenvalue weighted by Gasteiger charge is -2.27. The molecule has 0 fully saturated rings. The van der Waals surface area contributed by atoms with E-state index in [-0.39, 0.29) is 11.9 Å². The van der Waals surface area contributed by atoms with Gasteiger partial charge >= 0.3 is 0 Å². The lowest BCUT2D eigenvalue weighted by Crippen LogP contribution is -2.40. The minimum absolute atomic E-state index is 0.0373. The van der Waals surface area contributed by atoms with E-state index in [9.17, 15) is 9.50 Å². The Bertz CT molecular complexity index is 350. The van der Waals surface area contributed by atoms with E-state index in [1.807, 2.05) is 26.8 Å². The maximum atomic E-state index is 13.1. The summed E-state index contributed by atoms with van der Waals surface area (Å²) in [5.74, 6) is -0.225. The van der Waals surface area contributed by atoms with Gasteiger partial charge in [0.25, 0.3) is 0 Å². The third kappa shape index (κ3) is 4.10. The Labute approximate surface area is 103 Å². The van der Waals surface area contributed by atoms with Gasteiger partial charge in [0, 0.05) is 12.6 Å². The molecule has 0 saturated heterocycles. The summed E-state index contributed by atoms with van der Waals surface area (Å²) in [6.45, 7) is 6.44. The van der Waals surface area contributed by atoms with Crippen LogP contribution in [0.2, 0.25) is 0 Å². The van der Waals surface area contributed by atoms with Crippen molar-refractivity contribution in [2.75, 3.05) is 6.54 Å². The maximum Gasteiger partial charge on any atom is 0.123 e. The van der Waals surface area contributed by atoms with E-state index in [2.05, 4.69) is 5.32 Å². The summed E-state index contributed by atoms with van der Waals surface area (Å²) in [5.41, 5.74) is 0.237. The molecule has 1 aromatic rings. The summed E-state index contributed by atoms with van der Waals surface area (Å²) in [6, 6.07) is 6.58. The van der Waals surface area contributed by atoms with Crippen LogP contribution in [0.4, 0.5) is 4.39 Å². The van der Waals surface area contributed by atoms with E-state index in [4.69, 9.17) is 0 Å². The zero-order chi connectivity index (χ0) is 12.9. The van der Waals surface area contributed by atoms with Crippen LogP contribution in [0.5, 0.6) is 0 Å². The molecule has 0 saturated carbocycles. The number of benzene rings is 1. The number of hydrogen-bond acceptors (Lipinski definition) is 2. The molecule has 0 aliphatic rings. The molecule has 0 aliphatic heterocycles. The second kappa shape index (κ2) is 6.12. The highest BCUT2D eigenvalue weighted by atomic mass is 19.1. The normalized spacial score (nSPS) is 13.7. The molecule has 0 spiro atoms. The summed E-state index contributed by atoms with van der Waals surface area (Å²) < 4.78 is 13.1. The predicted octanol–water partition coefficient (Wildman–Crippen LogP) is 3.03. The standard InChI is InChI=1S/C14H22FNO/c1-4-14(17,5-2)10-16-11(3)12-7-6-8-13(15)9-12/h6-9,11,16-17H,4-5,10H2,1-3H3/t11-/m0/s1. The average Bonchev–Trinajstić information content (AvgIpc) is 2.35. The molecule has 2 N–H and O–H groups in total. The average molecular weight is 239 g/mol. The molecule has 17 heavy (non-hydrogen) atoms. The number of nitrogens with one attached hydrogen (secondary N) is 1. The Morgan fingerprint density at radius 1 is 1.35 bits per heavy atom. The monoisotopic (exact) mass is 239 g/mol. The Kier molecular flexibility index (Phi) is 5.09. The van der Waals surface area contributed by atoms with Gasteiger partial charge in [-0.25, -0.2) is 4.39 Å². The number of aliphatic hydroxyl groups is 1. The summed E-state index contributed by atoms with van der Waals surface area (Å²) in [4.78, 5) is 0. The predicted molar refractivity (Wildman–Crippen MR) is 68.3 cm³/mol. The molecular formula is C14H22FNO. The first-order valence-corrected chi connectivity index (χ1v) is 6.22. The van der Waals surface area contributed by atoms with Crippen molar-refractivity contribution in [3.05, 3.63) is 35.6 Å². The molecule has 0 unspecified atom stereocenters. The van der Waals surface area contributed by atoms with Crippen molar-refractivity contribution in [1.82, 2.24) is 5.32 Å². The molecule has 2 nitrogen and oxygen atoms in total. The van der Waals surface area contributed by atoms with E-state index < -0.39 is 5.60 Å². The topological polar surface area (TPSA) is 32.3 Å². The van der Waals surface area contributed by atoms with Crippen molar-refractivity contribution in [2.45, 2.75) is 45.3 Å². The summed E-state index contributed by atoms with van der Waals surface area (Å²) in [7, 11) is 0. The van der Waals surface area contributed by atoms with Crippen LogP contribution in [0.3, 0.4) is 0 Å². The van der Waals surface area contributed by atoms with E-state index in [1.54, 1.807) is 6.07 Å². The molecule has 0 bridgehead atoms. The van der Waals surface area contributed by atoms with Crippen molar-refractivity contribution in [3.8, 4) is 0 Å². The smallest absolute Gasteiger partial charge is 0.123 e.